The van der Waals surface area contributed by atoms with Crippen LogP contribution in [0.15, 0.2) is 12.1 Å². The minimum absolute atomic E-state index is 0.115. The molecule has 0 aliphatic rings. The van der Waals surface area contributed by atoms with Crippen LogP contribution in [0.25, 0.3) is 0 Å². The van der Waals surface area contributed by atoms with Gasteiger partial charge in [0.1, 0.15) is 17.3 Å². The van der Waals surface area contributed by atoms with E-state index in [1.54, 1.807) is 21.1 Å². The molecule has 0 atom stereocenters. The van der Waals surface area contributed by atoms with Crippen LogP contribution in [0, 0.1) is 0 Å². The molecule has 0 aliphatic carbocycles. The third kappa shape index (κ3) is 2.75. The largest absolute Gasteiger partial charge is 0.496 e. The number of carbonyl (C=O) groups is 1. The van der Waals surface area contributed by atoms with Gasteiger partial charge in [-0.1, -0.05) is 6.92 Å². The van der Waals surface area contributed by atoms with Gasteiger partial charge in [0.15, 0.2) is 0 Å². The van der Waals surface area contributed by atoms with Crippen molar-refractivity contribution in [3.05, 3.63) is 23.3 Å². The van der Waals surface area contributed by atoms with E-state index in [0.717, 1.165) is 29.0 Å². The van der Waals surface area contributed by atoms with E-state index in [1.807, 2.05) is 12.1 Å². The van der Waals surface area contributed by atoms with Gasteiger partial charge in [0.05, 0.1) is 14.2 Å². The Labute approximate surface area is 96.4 Å². The second-order valence-electron chi connectivity index (χ2n) is 3.71. The van der Waals surface area contributed by atoms with Crippen molar-refractivity contribution in [1.29, 1.82) is 0 Å². The molecule has 3 heteroatoms. The number of methoxy groups -OCH3 is 2. The molecule has 0 unspecified atom stereocenters. The smallest absolute Gasteiger partial charge is 0.134 e. The third-order valence-electron chi connectivity index (χ3n) is 2.50. The normalized spacial score (nSPS) is 10.0. The molecular formula is C13H18O3. The summed E-state index contributed by atoms with van der Waals surface area (Å²) >= 11 is 0. The lowest BCUT2D eigenvalue weighted by molar-refractivity contribution is -0.116. The quantitative estimate of drug-likeness (QED) is 0.767. The molecule has 0 bridgehead atoms. The first-order chi connectivity index (χ1) is 7.62. The fraction of sp³-hybridized carbons (Fsp3) is 0.462. The van der Waals surface area contributed by atoms with Crippen LogP contribution in [0.3, 0.4) is 0 Å². The molecule has 1 rings (SSSR count). The number of hydrogen-bond acceptors (Lipinski definition) is 3. The maximum atomic E-state index is 11.1. The monoisotopic (exact) mass is 222 g/mol. The van der Waals surface area contributed by atoms with Gasteiger partial charge < -0.3 is 9.47 Å². The summed E-state index contributed by atoms with van der Waals surface area (Å²) in [7, 11) is 3.25. The highest BCUT2D eigenvalue weighted by Gasteiger charge is 2.11. The van der Waals surface area contributed by atoms with E-state index >= 15 is 0 Å². The molecule has 16 heavy (non-hydrogen) atoms. The van der Waals surface area contributed by atoms with Crippen LogP contribution in [0.5, 0.6) is 11.5 Å². The molecule has 88 valence electrons. The Balaban J connectivity index is 3.20. The molecule has 0 spiro atoms. The lowest BCUT2D eigenvalue weighted by Gasteiger charge is -2.13. The number of benzene rings is 1. The van der Waals surface area contributed by atoms with Crippen LogP contribution >= 0.6 is 0 Å². The van der Waals surface area contributed by atoms with Crippen LogP contribution in [0.2, 0.25) is 0 Å². The van der Waals surface area contributed by atoms with Crippen molar-refractivity contribution in [2.24, 2.45) is 0 Å². The van der Waals surface area contributed by atoms with Crippen LogP contribution in [-0.2, 0) is 17.6 Å². The molecular weight excluding hydrogens is 204 g/mol. The second kappa shape index (κ2) is 5.54. The van der Waals surface area contributed by atoms with E-state index in [9.17, 15) is 4.79 Å². The number of Topliss-reactive ketones (excluding diaryl/α,β-unsaturated/α-hetero) is 1. The summed E-state index contributed by atoms with van der Waals surface area (Å²) in [6, 6.07) is 3.83. The molecule has 0 fully saturated rings. The van der Waals surface area contributed by atoms with E-state index in [0.29, 0.717) is 6.42 Å². The average molecular weight is 222 g/mol. The lowest BCUT2D eigenvalue weighted by Crippen LogP contribution is -2.02. The Morgan fingerprint density at radius 1 is 1.12 bits per heavy atom. The van der Waals surface area contributed by atoms with Gasteiger partial charge in [-0.15, -0.1) is 0 Å². The Hall–Kier alpha value is -1.51. The maximum Gasteiger partial charge on any atom is 0.134 e. The van der Waals surface area contributed by atoms with Crippen molar-refractivity contribution in [1.82, 2.24) is 0 Å². The summed E-state index contributed by atoms with van der Waals surface area (Å²) in [5, 5.41) is 0. The number of rotatable bonds is 5. The van der Waals surface area contributed by atoms with E-state index in [-0.39, 0.29) is 5.78 Å². The first kappa shape index (κ1) is 12.6. The molecule has 0 radical (unpaired) electrons. The highest BCUT2D eigenvalue weighted by Crippen LogP contribution is 2.29. The average Bonchev–Trinajstić information content (AvgIpc) is 2.27. The molecule has 3 nitrogen and oxygen atoms in total. The van der Waals surface area contributed by atoms with E-state index in [2.05, 4.69) is 6.92 Å². The number of aryl methyl sites for hydroxylation is 1. The highest BCUT2D eigenvalue weighted by molar-refractivity contribution is 5.79. The molecule has 0 saturated carbocycles. The van der Waals surface area contributed by atoms with Gasteiger partial charge in [-0.3, -0.25) is 4.79 Å². The molecule has 0 saturated heterocycles. The Kier molecular flexibility index (Phi) is 4.35. The molecule has 0 aromatic heterocycles. The third-order valence-corrected chi connectivity index (χ3v) is 2.50. The predicted molar refractivity (Wildman–Crippen MR) is 63.3 cm³/mol. The minimum Gasteiger partial charge on any atom is -0.496 e. The van der Waals surface area contributed by atoms with Gasteiger partial charge in [-0.2, -0.15) is 0 Å². The predicted octanol–water partition coefficient (Wildman–Crippen LogP) is 2.40. The molecule has 1 aromatic carbocycles. The Morgan fingerprint density at radius 2 is 1.62 bits per heavy atom. The first-order valence-electron chi connectivity index (χ1n) is 5.35. The number of ketones is 1. The maximum absolute atomic E-state index is 11.1. The Bertz CT molecular complexity index is 383. The molecule has 1 aromatic rings. The van der Waals surface area contributed by atoms with Crippen molar-refractivity contribution in [3.8, 4) is 11.5 Å². The zero-order valence-electron chi connectivity index (χ0n) is 10.3. The fourth-order valence-electron chi connectivity index (χ4n) is 1.71. The fourth-order valence-corrected chi connectivity index (χ4v) is 1.71. The zero-order chi connectivity index (χ0) is 12.1. The molecule has 0 heterocycles. The summed E-state index contributed by atoms with van der Waals surface area (Å²) in [4.78, 5) is 11.1. The number of hydrogen-bond donors (Lipinski definition) is 0. The van der Waals surface area contributed by atoms with E-state index in [1.165, 1.54) is 0 Å². The number of ether oxygens (including phenoxy) is 2. The SMILES string of the molecule is CCc1cc(OC)c(CC(C)=O)cc1OC. The summed E-state index contributed by atoms with van der Waals surface area (Å²) in [5.41, 5.74) is 1.97. The van der Waals surface area contributed by atoms with Crippen molar-refractivity contribution in [3.63, 3.8) is 0 Å². The summed E-state index contributed by atoms with van der Waals surface area (Å²) in [6.07, 6.45) is 1.25. The molecule has 0 aliphatic heterocycles. The zero-order valence-corrected chi connectivity index (χ0v) is 10.3. The van der Waals surface area contributed by atoms with Gasteiger partial charge in [0, 0.05) is 12.0 Å². The molecule has 0 amide bonds. The van der Waals surface area contributed by atoms with Gasteiger partial charge in [0.2, 0.25) is 0 Å². The van der Waals surface area contributed by atoms with E-state index in [4.69, 9.17) is 9.47 Å². The first-order valence-corrected chi connectivity index (χ1v) is 5.35. The van der Waals surface area contributed by atoms with Crippen LogP contribution in [-0.4, -0.2) is 20.0 Å². The standard InChI is InChI=1S/C13H18O3/c1-5-10-7-13(16-4)11(6-9(2)14)8-12(10)15-3/h7-8H,5-6H2,1-4H3. The van der Waals surface area contributed by atoms with E-state index < -0.39 is 0 Å². The van der Waals surface area contributed by atoms with Crippen LogP contribution in [0.4, 0.5) is 0 Å². The van der Waals surface area contributed by atoms with Crippen molar-refractivity contribution < 1.29 is 14.3 Å². The van der Waals surface area contributed by atoms with Crippen molar-refractivity contribution >= 4 is 5.78 Å². The van der Waals surface area contributed by atoms with Gasteiger partial charge in [0.25, 0.3) is 0 Å². The second-order valence-corrected chi connectivity index (χ2v) is 3.71. The minimum atomic E-state index is 0.115. The van der Waals surface area contributed by atoms with Gasteiger partial charge >= 0.3 is 0 Å². The Morgan fingerprint density at radius 3 is 2.06 bits per heavy atom. The van der Waals surface area contributed by atoms with Crippen LogP contribution < -0.4 is 9.47 Å². The van der Waals surface area contributed by atoms with Gasteiger partial charge in [-0.25, -0.2) is 0 Å². The lowest BCUT2D eigenvalue weighted by atomic mass is 10.0. The summed E-state index contributed by atoms with van der Waals surface area (Å²) in [5.74, 6) is 1.69. The van der Waals surface area contributed by atoms with Crippen molar-refractivity contribution in [2.75, 3.05) is 14.2 Å². The summed E-state index contributed by atoms with van der Waals surface area (Å²) in [6.45, 7) is 3.63. The molecule has 0 N–H and O–H groups in total. The number of carbonyl (C=O) groups excluding carboxylic acids is 1. The van der Waals surface area contributed by atoms with Gasteiger partial charge in [-0.05, 0) is 31.0 Å². The topological polar surface area (TPSA) is 35.5 Å². The summed E-state index contributed by atoms with van der Waals surface area (Å²) < 4.78 is 10.6. The highest BCUT2D eigenvalue weighted by atomic mass is 16.5. The van der Waals surface area contributed by atoms with Crippen LogP contribution in [0.1, 0.15) is 25.0 Å². The van der Waals surface area contributed by atoms with Crippen molar-refractivity contribution in [2.45, 2.75) is 26.7 Å².